The second-order valence-corrected chi connectivity index (χ2v) is 7.02. The van der Waals surface area contributed by atoms with Crippen LogP contribution in [0.5, 0.6) is 11.5 Å². The topological polar surface area (TPSA) is 54.4 Å². The van der Waals surface area contributed by atoms with Gasteiger partial charge in [-0.3, -0.25) is 4.90 Å². The number of piperazine rings is 1. The Balaban J connectivity index is 1.28. The van der Waals surface area contributed by atoms with Crippen molar-refractivity contribution in [3.8, 4) is 11.5 Å². The smallest absolute Gasteiger partial charge is 0.123 e. The molecule has 2 aromatic carbocycles. The molecule has 0 aliphatic carbocycles. The Morgan fingerprint density at radius 1 is 0.931 bits per heavy atom. The van der Waals surface area contributed by atoms with Crippen molar-refractivity contribution < 1.29 is 23.7 Å². The number of aliphatic hydroxyl groups excluding tert-OH is 1. The molecule has 1 saturated heterocycles. The summed E-state index contributed by atoms with van der Waals surface area (Å²) in [6.45, 7) is 5.24. The molecule has 0 aromatic heterocycles. The molecule has 29 heavy (non-hydrogen) atoms. The number of ether oxygens (including phenoxy) is 3. The number of rotatable bonds is 10. The van der Waals surface area contributed by atoms with Crippen LogP contribution in [0.1, 0.15) is 0 Å². The Hall–Kier alpha value is -2.35. The van der Waals surface area contributed by atoms with Crippen LogP contribution in [0.4, 0.5) is 10.1 Å². The van der Waals surface area contributed by atoms with Gasteiger partial charge in [-0.15, -0.1) is 0 Å². The minimum absolute atomic E-state index is 0.269. The predicted molar refractivity (Wildman–Crippen MR) is 110 cm³/mol. The summed E-state index contributed by atoms with van der Waals surface area (Å²) in [4.78, 5) is 4.59. The van der Waals surface area contributed by atoms with Crippen molar-refractivity contribution in [2.45, 2.75) is 6.10 Å². The van der Waals surface area contributed by atoms with E-state index in [2.05, 4.69) is 21.9 Å². The Morgan fingerprint density at radius 2 is 1.59 bits per heavy atom. The van der Waals surface area contributed by atoms with E-state index in [0.717, 1.165) is 31.9 Å². The van der Waals surface area contributed by atoms with Crippen LogP contribution in [-0.2, 0) is 4.74 Å². The molecule has 1 fully saturated rings. The summed E-state index contributed by atoms with van der Waals surface area (Å²) in [7, 11) is 1.67. The largest absolute Gasteiger partial charge is 0.497 e. The fourth-order valence-electron chi connectivity index (χ4n) is 3.30. The summed E-state index contributed by atoms with van der Waals surface area (Å²) in [5.74, 6) is 1.17. The molecule has 1 heterocycles. The first-order chi connectivity index (χ1) is 14.1. The molecular formula is C22H29FN2O4. The van der Waals surface area contributed by atoms with Gasteiger partial charge in [0.1, 0.15) is 23.9 Å². The fraction of sp³-hybridized carbons (Fsp3) is 0.455. The maximum atomic E-state index is 12.8. The average Bonchev–Trinajstić information content (AvgIpc) is 2.75. The third kappa shape index (κ3) is 6.88. The molecule has 3 rings (SSSR count). The molecule has 1 atom stereocenters. The lowest BCUT2D eigenvalue weighted by Crippen LogP contribution is -2.49. The van der Waals surface area contributed by atoms with Gasteiger partial charge in [-0.25, -0.2) is 4.39 Å². The van der Waals surface area contributed by atoms with Crippen molar-refractivity contribution in [2.24, 2.45) is 0 Å². The van der Waals surface area contributed by atoms with Gasteiger partial charge in [0.05, 0.1) is 26.4 Å². The van der Waals surface area contributed by atoms with Crippen molar-refractivity contribution in [1.82, 2.24) is 4.90 Å². The highest BCUT2D eigenvalue weighted by Gasteiger charge is 2.19. The van der Waals surface area contributed by atoms with Gasteiger partial charge >= 0.3 is 0 Å². The molecule has 1 aliphatic heterocycles. The SMILES string of the molecule is COc1ccc(N2CCN(C[C@H](O)COCCOc3ccc(F)cc3)CC2)cc1. The molecule has 1 aliphatic rings. The number of hydrogen-bond acceptors (Lipinski definition) is 6. The number of halogens is 1. The van der Waals surface area contributed by atoms with Crippen molar-refractivity contribution in [3.63, 3.8) is 0 Å². The van der Waals surface area contributed by atoms with E-state index in [-0.39, 0.29) is 12.4 Å². The van der Waals surface area contributed by atoms with Crippen molar-refractivity contribution in [2.75, 3.05) is 64.6 Å². The van der Waals surface area contributed by atoms with Crippen LogP contribution in [0.25, 0.3) is 0 Å². The standard InChI is InChI=1S/C22H29FN2O4/c1-27-21-8-4-19(5-9-21)25-12-10-24(11-13-25)16-20(26)17-28-14-15-29-22-6-2-18(23)3-7-22/h2-9,20,26H,10-17H2,1H3/t20-/m0/s1. The first kappa shape index (κ1) is 21.4. The van der Waals surface area contributed by atoms with Crippen LogP contribution in [0.3, 0.4) is 0 Å². The normalized spacial score (nSPS) is 15.9. The number of methoxy groups -OCH3 is 1. The lowest BCUT2D eigenvalue weighted by atomic mass is 10.2. The van der Waals surface area contributed by atoms with Gasteiger partial charge in [0, 0.05) is 38.4 Å². The highest BCUT2D eigenvalue weighted by atomic mass is 19.1. The number of anilines is 1. The number of hydrogen-bond donors (Lipinski definition) is 1. The third-order valence-electron chi connectivity index (χ3n) is 4.90. The van der Waals surface area contributed by atoms with Crippen LogP contribution in [0, 0.1) is 5.82 Å². The second kappa shape index (κ2) is 11.0. The predicted octanol–water partition coefficient (Wildman–Crippen LogP) is 2.41. The van der Waals surface area contributed by atoms with Gasteiger partial charge in [0.15, 0.2) is 0 Å². The van der Waals surface area contributed by atoms with E-state index in [1.165, 1.54) is 17.8 Å². The zero-order valence-corrected chi connectivity index (χ0v) is 16.8. The van der Waals surface area contributed by atoms with Gasteiger partial charge in [-0.05, 0) is 48.5 Å². The first-order valence-corrected chi connectivity index (χ1v) is 9.89. The van der Waals surface area contributed by atoms with Crippen LogP contribution in [0.15, 0.2) is 48.5 Å². The first-order valence-electron chi connectivity index (χ1n) is 9.89. The molecule has 158 valence electrons. The highest BCUT2D eigenvalue weighted by Crippen LogP contribution is 2.20. The maximum absolute atomic E-state index is 12.8. The van der Waals surface area contributed by atoms with Crippen molar-refractivity contribution in [3.05, 3.63) is 54.3 Å². The molecule has 7 heteroatoms. The van der Waals surface area contributed by atoms with Gasteiger partial charge in [0.25, 0.3) is 0 Å². The lowest BCUT2D eigenvalue weighted by Gasteiger charge is -2.36. The second-order valence-electron chi connectivity index (χ2n) is 7.02. The molecule has 2 aromatic rings. The van der Waals surface area contributed by atoms with E-state index in [0.29, 0.717) is 25.5 Å². The van der Waals surface area contributed by atoms with E-state index in [9.17, 15) is 9.50 Å². The molecule has 0 spiro atoms. The molecular weight excluding hydrogens is 375 g/mol. The minimum Gasteiger partial charge on any atom is -0.497 e. The van der Waals surface area contributed by atoms with Gasteiger partial charge in [-0.1, -0.05) is 0 Å². The zero-order valence-electron chi connectivity index (χ0n) is 16.8. The monoisotopic (exact) mass is 404 g/mol. The van der Waals surface area contributed by atoms with E-state index < -0.39 is 6.10 Å². The number of β-amino-alcohol motifs (C(OH)–C–C–N with tert-alkyl or cyclic N) is 1. The average molecular weight is 404 g/mol. The van der Waals surface area contributed by atoms with Gasteiger partial charge in [0.2, 0.25) is 0 Å². The Bertz CT molecular complexity index is 719. The van der Waals surface area contributed by atoms with Crippen molar-refractivity contribution in [1.29, 1.82) is 0 Å². The molecule has 6 nitrogen and oxygen atoms in total. The quantitative estimate of drug-likeness (QED) is 0.614. The van der Waals surface area contributed by atoms with Crippen LogP contribution in [0.2, 0.25) is 0 Å². The Morgan fingerprint density at radius 3 is 2.24 bits per heavy atom. The van der Waals surface area contributed by atoms with Gasteiger partial charge in [-0.2, -0.15) is 0 Å². The summed E-state index contributed by atoms with van der Waals surface area (Å²) in [6.07, 6.45) is -0.534. The fourth-order valence-corrected chi connectivity index (χ4v) is 3.30. The van der Waals surface area contributed by atoms with E-state index in [4.69, 9.17) is 14.2 Å². The molecule has 1 N–H and O–H groups in total. The summed E-state index contributed by atoms with van der Waals surface area (Å²) >= 11 is 0. The molecule has 0 unspecified atom stereocenters. The summed E-state index contributed by atoms with van der Waals surface area (Å²) < 4.78 is 29.0. The van der Waals surface area contributed by atoms with Crippen LogP contribution in [-0.4, -0.2) is 75.8 Å². The zero-order chi connectivity index (χ0) is 20.5. The van der Waals surface area contributed by atoms with E-state index in [1.54, 1.807) is 19.2 Å². The third-order valence-corrected chi connectivity index (χ3v) is 4.90. The lowest BCUT2D eigenvalue weighted by molar-refractivity contribution is 0.00717. The molecule has 0 radical (unpaired) electrons. The number of nitrogens with zero attached hydrogens (tertiary/aromatic N) is 2. The van der Waals surface area contributed by atoms with E-state index in [1.807, 2.05) is 12.1 Å². The summed E-state index contributed by atoms with van der Waals surface area (Å²) in [5, 5.41) is 10.2. The molecule has 0 amide bonds. The minimum atomic E-state index is -0.534. The molecule has 0 bridgehead atoms. The van der Waals surface area contributed by atoms with Gasteiger partial charge < -0.3 is 24.2 Å². The number of aliphatic hydroxyl groups is 1. The van der Waals surface area contributed by atoms with Crippen LogP contribution >= 0.6 is 0 Å². The van der Waals surface area contributed by atoms with E-state index >= 15 is 0 Å². The Kier molecular flexibility index (Phi) is 8.10. The van der Waals surface area contributed by atoms with Crippen molar-refractivity contribution >= 4 is 5.69 Å². The number of benzene rings is 2. The maximum Gasteiger partial charge on any atom is 0.123 e. The van der Waals surface area contributed by atoms with Crippen LogP contribution < -0.4 is 14.4 Å². The Labute approximate surface area is 171 Å². The molecule has 0 saturated carbocycles. The highest BCUT2D eigenvalue weighted by molar-refractivity contribution is 5.49. The summed E-state index contributed by atoms with van der Waals surface area (Å²) in [6, 6.07) is 14.0. The summed E-state index contributed by atoms with van der Waals surface area (Å²) in [5.41, 5.74) is 1.19.